The normalized spacial score (nSPS) is 12.1. The quantitative estimate of drug-likeness (QED) is 0.712. The van der Waals surface area contributed by atoms with E-state index in [9.17, 15) is 4.79 Å². The number of carbonyl (C=O) groups excluding carboxylic acids is 1. The monoisotopic (exact) mass is 349 g/mol. The van der Waals surface area contributed by atoms with E-state index in [0.717, 1.165) is 23.4 Å². The maximum absolute atomic E-state index is 13.0. The standard InChI is InChI=1S/C20H23N5O/c1-3-24(2)19(17-9-5-4-6-10-17)20(26)23-18-11-7-8-16(12-18)13-25-15-21-14-22-25/h4-12,14-15,19H,3,13H2,1-2H3,(H,23,26)/t19-/m0/s1. The zero-order valence-electron chi connectivity index (χ0n) is 15.0. The molecule has 1 aromatic heterocycles. The van der Waals surface area contributed by atoms with E-state index < -0.39 is 0 Å². The molecule has 0 spiro atoms. The lowest BCUT2D eigenvalue weighted by atomic mass is 10.0. The highest BCUT2D eigenvalue weighted by atomic mass is 16.2. The molecule has 0 saturated carbocycles. The molecule has 0 aliphatic heterocycles. The summed E-state index contributed by atoms with van der Waals surface area (Å²) in [6.07, 6.45) is 3.18. The van der Waals surface area contributed by atoms with Gasteiger partial charge in [0.2, 0.25) is 5.91 Å². The van der Waals surface area contributed by atoms with Gasteiger partial charge in [0.25, 0.3) is 0 Å². The van der Waals surface area contributed by atoms with Gasteiger partial charge in [0, 0.05) is 5.69 Å². The second-order valence-electron chi connectivity index (χ2n) is 6.17. The highest BCUT2D eigenvalue weighted by molar-refractivity contribution is 5.95. The van der Waals surface area contributed by atoms with Crippen LogP contribution in [0.2, 0.25) is 0 Å². The first-order valence-corrected chi connectivity index (χ1v) is 8.64. The molecular formula is C20H23N5O. The highest BCUT2D eigenvalue weighted by Crippen LogP contribution is 2.22. The lowest BCUT2D eigenvalue weighted by molar-refractivity contribution is -0.121. The van der Waals surface area contributed by atoms with Gasteiger partial charge in [0.15, 0.2) is 0 Å². The minimum absolute atomic E-state index is 0.0431. The summed E-state index contributed by atoms with van der Waals surface area (Å²) >= 11 is 0. The molecule has 134 valence electrons. The molecule has 3 aromatic rings. The van der Waals surface area contributed by atoms with Crippen LogP contribution in [0.25, 0.3) is 0 Å². The fourth-order valence-electron chi connectivity index (χ4n) is 2.88. The van der Waals surface area contributed by atoms with Gasteiger partial charge in [-0.05, 0) is 36.9 Å². The minimum Gasteiger partial charge on any atom is -0.324 e. The summed E-state index contributed by atoms with van der Waals surface area (Å²) in [5.74, 6) is -0.0431. The number of nitrogens with zero attached hydrogens (tertiary/aromatic N) is 4. The van der Waals surface area contributed by atoms with Gasteiger partial charge < -0.3 is 5.32 Å². The van der Waals surface area contributed by atoms with Gasteiger partial charge in [-0.1, -0.05) is 49.4 Å². The summed E-state index contributed by atoms with van der Waals surface area (Å²) in [6.45, 7) is 3.43. The number of hydrogen-bond acceptors (Lipinski definition) is 4. The molecule has 0 unspecified atom stereocenters. The summed E-state index contributed by atoms with van der Waals surface area (Å²) < 4.78 is 1.75. The van der Waals surface area contributed by atoms with Crippen molar-refractivity contribution in [3.63, 3.8) is 0 Å². The predicted molar refractivity (Wildman–Crippen MR) is 102 cm³/mol. The average molecular weight is 349 g/mol. The Kier molecular flexibility index (Phi) is 5.76. The third-order valence-electron chi connectivity index (χ3n) is 4.31. The van der Waals surface area contributed by atoms with E-state index in [2.05, 4.69) is 15.4 Å². The first kappa shape index (κ1) is 17.8. The molecule has 1 heterocycles. The van der Waals surface area contributed by atoms with Crippen molar-refractivity contribution in [2.75, 3.05) is 18.9 Å². The predicted octanol–water partition coefficient (Wildman–Crippen LogP) is 2.96. The topological polar surface area (TPSA) is 63.1 Å². The Hall–Kier alpha value is -2.99. The van der Waals surface area contributed by atoms with E-state index in [1.807, 2.05) is 73.5 Å². The number of benzene rings is 2. The molecule has 1 atom stereocenters. The largest absolute Gasteiger partial charge is 0.324 e. The van der Waals surface area contributed by atoms with Gasteiger partial charge >= 0.3 is 0 Å². The average Bonchev–Trinajstić information content (AvgIpc) is 3.16. The SMILES string of the molecule is CCN(C)[C@H](C(=O)Nc1cccc(Cn2cncn2)c1)c1ccccc1. The van der Waals surface area contributed by atoms with Crippen LogP contribution in [0.4, 0.5) is 5.69 Å². The molecule has 0 bridgehead atoms. The molecule has 26 heavy (non-hydrogen) atoms. The maximum atomic E-state index is 13.0. The molecule has 3 rings (SSSR count). The first-order valence-electron chi connectivity index (χ1n) is 8.64. The Morgan fingerprint density at radius 2 is 2.00 bits per heavy atom. The van der Waals surface area contributed by atoms with Crippen LogP contribution in [-0.4, -0.2) is 39.2 Å². The number of anilines is 1. The number of carbonyl (C=O) groups is 1. The van der Waals surface area contributed by atoms with Crippen molar-refractivity contribution in [3.05, 3.63) is 78.4 Å². The minimum atomic E-state index is -0.333. The van der Waals surface area contributed by atoms with Crippen LogP contribution in [0.15, 0.2) is 67.3 Å². The van der Waals surface area contributed by atoms with Gasteiger partial charge in [-0.15, -0.1) is 0 Å². The number of amides is 1. The summed E-state index contributed by atoms with van der Waals surface area (Å²) in [5, 5.41) is 7.17. The second kappa shape index (κ2) is 8.40. The highest BCUT2D eigenvalue weighted by Gasteiger charge is 2.24. The zero-order valence-corrected chi connectivity index (χ0v) is 15.0. The van der Waals surface area contributed by atoms with Gasteiger partial charge in [0.05, 0.1) is 6.54 Å². The van der Waals surface area contributed by atoms with Gasteiger partial charge in [-0.25, -0.2) is 9.67 Å². The molecule has 0 radical (unpaired) electrons. The van der Waals surface area contributed by atoms with Crippen LogP contribution in [0, 0.1) is 0 Å². The molecule has 0 aliphatic rings. The summed E-state index contributed by atoms with van der Waals surface area (Å²) in [5.41, 5.74) is 2.81. The summed E-state index contributed by atoms with van der Waals surface area (Å²) in [6, 6.07) is 17.3. The van der Waals surface area contributed by atoms with Gasteiger partial charge in [0.1, 0.15) is 18.7 Å². The smallest absolute Gasteiger partial charge is 0.246 e. The number of likely N-dealkylation sites (N-methyl/N-ethyl adjacent to an activating group) is 1. The Morgan fingerprint density at radius 1 is 1.19 bits per heavy atom. The van der Waals surface area contributed by atoms with Crippen molar-refractivity contribution in [1.82, 2.24) is 19.7 Å². The van der Waals surface area contributed by atoms with Gasteiger partial charge in [-0.3, -0.25) is 9.69 Å². The first-order chi connectivity index (χ1) is 12.7. The van der Waals surface area contributed by atoms with Crippen LogP contribution in [-0.2, 0) is 11.3 Å². The Morgan fingerprint density at radius 3 is 2.69 bits per heavy atom. The Balaban J connectivity index is 1.77. The summed E-state index contributed by atoms with van der Waals surface area (Å²) in [7, 11) is 1.96. The van der Waals surface area contributed by atoms with Gasteiger partial charge in [-0.2, -0.15) is 5.10 Å². The third-order valence-corrected chi connectivity index (χ3v) is 4.31. The van der Waals surface area contributed by atoms with Crippen LogP contribution in [0.5, 0.6) is 0 Å². The van der Waals surface area contributed by atoms with Crippen LogP contribution >= 0.6 is 0 Å². The van der Waals surface area contributed by atoms with Crippen molar-refractivity contribution in [3.8, 4) is 0 Å². The van der Waals surface area contributed by atoms with Crippen molar-refractivity contribution >= 4 is 11.6 Å². The molecular weight excluding hydrogens is 326 g/mol. The van der Waals surface area contributed by atoms with Crippen molar-refractivity contribution in [2.24, 2.45) is 0 Å². The third kappa shape index (κ3) is 4.34. The molecule has 6 heteroatoms. The number of rotatable bonds is 7. The van der Waals surface area contributed by atoms with E-state index in [4.69, 9.17) is 0 Å². The number of aromatic nitrogens is 3. The fraction of sp³-hybridized carbons (Fsp3) is 0.250. The Labute approximate surface area is 153 Å². The van der Waals surface area contributed by atoms with Crippen LogP contribution in [0.1, 0.15) is 24.1 Å². The molecule has 0 saturated heterocycles. The van der Waals surface area contributed by atoms with E-state index in [0.29, 0.717) is 6.54 Å². The number of nitrogens with one attached hydrogen (secondary N) is 1. The van der Waals surface area contributed by atoms with Crippen molar-refractivity contribution in [2.45, 2.75) is 19.5 Å². The molecule has 2 aromatic carbocycles. The maximum Gasteiger partial charge on any atom is 0.246 e. The lowest BCUT2D eigenvalue weighted by Crippen LogP contribution is -2.34. The van der Waals surface area contributed by atoms with Crippen molar-refractivity contribution < 1.29 is 4.79 Å². The number of hydrogen-bond donors (Lipinski definition) is 1. The van der Waals surface area contributed by atoms with E-state index in [1.54, 1.807) is 11.0 Å². The lowest BCUT2D eigenvalue weighted by Gasteiger charge is -2.26. The van der Waals surface area contributed by atoms with Crippen LogP contribution in [0.3, 0.4) is 0 Å². The van der Waals surface area contributed by atoms with E-state index in [1.165, 1.54) is 6.33 Å². The molecule has 0 aliphatic carbocycles. The van der Waals surface area contributed by atoms with E-state index in [-0.39, 0.29) is 11.9 Å². The molecule has 6 nitrogen and oxygen atoms in total. The molecule has 0 fully saturated rings. The Bertz CT molecular complexity index is 832. The zero-order chi connectivity index (χ0) is 18.4. The molecule has 1 amide bonds. The van der Waals surface area contributed by atoms with Crippen LogP contribution < -0.4 is 5.32 Å². The fourth-order valence-corrected chi connectivity index (χ4v) is 2.88. The second-order valence-corrected chi connectivity index (χ2v) is 6.17. The summed E-state index contributed by atoms with van der Waals surface area (Å²) in [4.78, 5) is 18.9. The molecule has 1 N–H and O–H groups in total. The van der Waals surface area contributed by atoms with Crippen molar-refractivity contribution in [1.29, 1.82) is 0 Å². The van der Waals surface area contributed by atoms with E-state index >= 15 is 0 Å².